The number of rotatable bonds is 8. The molecule has 0 bridgehead atoms. The molecule has 1 atom stereocenters. The van der Waals surface area contributed by atoms with Crippen LogP contribution in [-0.2, 0) is 11.9 Å². The van der Waals surface area contributed by atoms with E-state index in [0.717, 1.165) is 12.1 Å². The molecule has 37 heavy (non-hydrogen) atoms. The van der Waals surface area contributed by atoms with Crippen LogP contribution in [0.5, 0.6) is 5.75 Å². The van der Waals surface area contributed by atoms with Gasteiger partial charge in [-0.1, -0.05) is 59.8 Å². The molecule has 3 aromatic carbocycles. The molecule has 0 aliphatic heterocycles. The number of hydrogen-bond acceptors (Lipinski definition) is 5. The van der Waals surface area contributed by atoms with Crippen molar-refractivity contribution in [1.29, 1.82) is 0 Å². The Morgan fingerprint density at radius 3 is 2.57 bits per heavy atom. The monoisotopic (exact) mass is 546 g/mol. The van der Waals surface area contributed by atoms with Gasteiger partial charge in [-0.05, 0) is 48.9 Å². The van der Waals surface area contributed by atoms with Crippen LogP contribution in [0.4, 0.5) is 13.2 Å². The Balaban J connectivity index is 1.63. The molecule has 6 nitrogen and oxygen atoms in total. The van der Waals surface area contributed by atoms with Gasteiger partial charge in [-0.3, -0.25) is 9.36 Å². The van der Waals surface area contributed by atoms with Gasteiger partial charge in [-0.25, -0.2) is 0 Å². The number of nitrogens with zero attached hydrogens (tertiary/aromatic N) is 3. The number of halogens is 4. The Hall–Kier alpha value is -3.50. The smallest absolute Gasteiger partial charge is 0.416 e. The summed E-state index contributed by atoms with van der Waals surface area (Å²) in [6, 6.07) is 18.4. The zero-order valence-electron chi connectivity index (χ0n) is 19.8. The van der Waals surface area contributed by atoms with Gasteiger partial charge in [0.25, 0.3) is 5.91 Å². The van der Waals surface area contributed by atoms with Crippen LogP contribution in [0.3, 0.4) is 0 Å². The van der Waals surface area contributed by atoms with Crippen LogP contribution >= 0.6 is 23.4 Å². The molecular formula is C26H22ClF3N4O2S. The van der Waals surface area contributed by atoms with Crippen molar-refractivity contribution >= 4 is 29.3 Å². The Morgan fingerprint density at radius 2 is 1.84 bits per heavy atom. The van der Waals surface area contributed by atoms with E-state index in [9.17, 15) is 18.0 Å². The predicted octanol–water partition coefficient (Wildman–Crippen LogP) is 6.73. The van der Waals surface area contributed by atoms with Gasteiger partial charge >= 0.3 is 6.18 Å². The number of methoxy groups -OCH3 is 1. The predicted molar refractivity (Wildman–Crippen MR) is 136 cm³/mol. The van der Waals surface area contributed by atoms with Gasteiger partial charge in [0.05, 0.1) is 30.0 Å². The van der Waals surface area contributed by atoms with Crippen molar-refractivity contribution < 1.29 is 22.7 Å². The van der Waals surface area contributed by atoms with E-state index < -0.39 is 17.8 Å². The second kappa shape index (κ2) is 11.3. The minimum atomic E-state index is -4.43. The summed E-state index contributed by atoms with van der Waals surface area (Å²) in [5.74, 6) is 0.728. The number of nitrogens with one attached hydrogen (secondary N) is 1. The van der Waals surface area contributed by atoms with Crippen molar-refractivity contribution in [2.75, 3.05) is 7.11 Å². The van der Waals surface area contributed by atoms with E-state index in [1.165, 1.54) is 24.9 Å². The Morgan fingerprint density at radius 1 is 1.08 bits per heavy atom. The van der Waals surface area contributed by atoms with E-state index in [2.05, 4.69) is 15.5 Å². The second-order valence-corrected chi connectivity index (χ2v) is 9.42. The molecule has 0 radical (unpaired) electrons. The molecule has 11 heteroatoms. The fourth-order valence-electron chi connectivity index (χ4n) is 3.67. The quantitative estimate of drug-likeness (QED) is 0.248. The minimum absolute atomic E-state index is 0.227. The van der Waals surface area contributed by atoms with Crippen molar-refractivity contribution in [3.63, 3.8) is 0 Å². The van der Waals surface area contributed by atoms with E-state index in [-0.39, 0.29) is 11.7 Å². The first-order valence-corrected chi connectivity index (χ1v) is 12.5. The van der Waals surface area contributed by atoms with Gasteiger partial charge < -0.3 is 10.1 Å². The maximum absolute atomic E-state index is 13.1. The standard InChI is InChI=1S/C26H22ClF3N4O2S/c1-16(31-24(35)21-11-3-4-12-22(21)36-2)23-32-33-25(34(23)20-10-6-9-19(27)14-20)37-15-17-7-5-8-18(13-17)26(28,29)30/h3-14,16H,15H2,1-2H3,(H,31,35). The van der Waals surface area contributed by atoms with Crippen LogP contribution in [0.25, 0.3) is 5.69 Å². The van der Waals surface area contributed by atoms with Crippen LogP contribution in [0.1, 0.15) is 40.3 Å². The lowest BCUT2D eigenvalue weighted by Gasteiger charge is -2.17. The Labute approximate surface area is 220 Å². The molecular weight excluding hydrogens is 525 g/mol. The summed E-state index contributed by atoms with van der Waals surface area (Å²) < 4.78 is 46.4. The lowest BCUT2D eigenvalue weighted by molar-refractivity contribution is -0.137. The Bertz CT molecular complexity index is 1410. The summed E-state index contributed by atoms with van der Waals surface area (Å²) in [6.07, 6.45) is -4.43. The first-order valence-electron chi connectivity index (χ1n) is 11.1. The van der Waals surface area contributed by atoms with E-state index in [0.29, 0.717) is 38.6 Å². The fourth-order valence-corrected chi connectivity index (χ4v) is 4.76. The van der Waals surface area contributed by atoms with Crippen molar-refractivity contribution in [2.24, 2.45) is 0 Å². The maximum Gasteiger partial charge on any atom is 0.416 e. The molecule has 0 saturated carbocycles. The number of aromatic nitrogens is 3. The van der Waals surface area contributed by atoms with E-state index in [4.69, 9.17) is 16.3 Å². The highest BCUT2D eigenvalue weighted by molar-refractivity contribution is 7.98. The van der Waals surface area contributed by atoms with Crippen LogP contribution in [0.15, 0.2) is 78.0 Å². The normalized spacial score (nSPS) is 12.3. The molecule has 1 aromatic heterocycles. The molecule has 1 heterocycles. The summed E-state index contributed by atoms with van der Waals surface area (Å²) >= 11 is 7.45. The van der Waals surface area contributed by atoms with Crippen molar-refractivity contribution in [3.05, 3.63) is 100 Å². The van der Waals surface area contributed by atoms with Crippen molar-refractivity contribution in [2.45, 2.75) is 30.1 Å². The van der Waals surface area contributed by atoms with Gasteiger partial charge in [0.2, 0.25) is 0 Å². The molecule has 1 unspecified atom stereocenters. The molecule has 1 amide bonds. The van der Waals surface area contributed by atoms with Gasteiger partial charge in [0.1, 0.15) is 5.75 Å². The third-order valence-electron chi connectivity index (χ3n) is 5.43. The first-order chi connectivity index (χ1) is 17.7. The summed E-state index contributed by atoms with van der Waals surface area (Å²) in [5.41, 5.74) is 0.789. The molecule has 0 spiro atoms. The number of thioether (sulfide) groups is 1. The third-order valence-corrected chi connectivity index (χ3v) is 6.67. The van der Waals surface area contributed by atoms with Gasteiger partial charge in [-0.2, -0.15) is 13.2 Å². The second-order valence-electron chi connectivity index (χ2n) is 8.04. The maximum atomic E-state index is 13.1. The number of carbonyl (C=O) groups excluding carboxylic acids is 1. The summed E-state index contributed by atoms with van der Waals surface area (Å²) in [5, 5.41) is 12.4. The van der Waals surface area contributed by atoms with Crippen molar-refractivity contribution in [1.82, 2.24) is 20.1 Å². The largest absolute Gasteiger partial charge is 0.496 e. The SMILES string of the molecule is COc1ccccc1C(=O)NC(C)c1nnc(SCc2cccc(C(F)(F)F)c2)n1-c1cccc(Cl)c1. The lowest BCUT2D eigenvalue weighted by Crippen LogP contribution is -2.29. The summed E-state index contributed by atoms with van der Waals surface area (Å²) in [7, 11) is 1.49. The van der Waals surface area contributed by atoms with Crippen LogP contribution in [-0.4, -0.2) is 27.8 Å². The van der Waals surface area contributed by atoms with Gasteiger partial charge in [0.15, 0.2) is 11.0 Å². The zero-order valence-corrected chi connectivity index (χ0v) is 21.4. The van der Waals surface area contributed by atoms with Crippen LogP contribution in [0.2, 0.25) is 5.02 Å². The average Bonchev–Trinajstić information content (AvgIpc) is 3.31. The van der Waals surface area contributed by atoms with Crippen molar-refractivity contribution in [3.8, 4) is 11.4 Å². The number of alkyl halides is 3. The third kappa shape index (κ3) is 6.26. The average molecular weight is 547 g/mol. The minimum Gasteiger partial charge on any atom is -0.496 e. The number of benzene rings is 3. The van der Waals surface area contributed by atoms with Gasteiger partial charge in [0, 0.05) is 10.8 Å². The van der Waals surface area contributed by atoms with Crippen LogP contribution in [0, 0.1) is 0 Å². The van der Waals surface area contributed by atoms with E-state index >= 15 is 0 Å². The number of amides is 1. The summed E-state index contributed by atoms with van der Waals surface area (Å²) in [6.45, 7) is 1.76. The number of carbonyl (C=O) groups is 1. The molecule has 1 N–H and O–H groups in total. The molecule has 0 saturated heterocycles. The highest BCUT2D eigenvalue weighted by Crippen LogP contribution is 2.32. The zero-order chi connectivity index (χ0) is 26.6. The van der Waals surface area contributed by atoms with E-state index in [1.807, 2.05) is 6.07 Å². The molecule has 0 aliphatic rings. The first kappa shape index (κ1) is 26.6. The molecule has 4 rings (SSSR count). The Kier molecular flexibility index (Phi) is 8.09. The summed E-state index contributed by atoms with van der Waals surface area (Å²) in [4.78, 5) is 13.0. The highest BCUT2D eigenvalue weighted by Gasteiger charge is 2.30. The molecule has 0 fully saturated rings. The van der Waals surface area contributed by atoms with E-state index in [1.54, 1.807) is 60.0 Å². The topological polar surface area (TPSA) is 69.0 Å². The molecule has 0 aliphatic carbocycles. The van der Waals surface area contributed by atoms with Gasteiger partial charge in [-0.15, -0.1) is 10.2 Å². The highest BCUT2D eigenvalue weighted by atomic mass is 35.5. The van der Waals surface area contributed by atoms with Crippen LogP contribution < -0.4 is 10.1 Å². The number of ether oxygens (including phenoxy) is 1. The molecule has 192 valence electrons. The lowest BCUT2D eigenvalue weighted by atomic mass is 10.1. The molecule has 4 aromatic rings. The number of hydrogen-bond donors (Lipinski definition) is 1. The fraction of sp³-hybridized carbons (Fsp3) is 0.192. The number of para-hydroxylation sites is 1.